The van der Waals surface area contributed by atoms with Crippen LogP contribution < -0.4 is 5.32 Å². The van der Waals surface area contributed by atoms with E-state index in [2.05, 4.69) is 21.2 Å². The van der Waals surface area contributed by atoms with Crippen molar-refractivity contribution in [3.63, 3.8) is 0 Å². The van der Waals surface area contributed by atoms with E-state index in [9.17, 15) is 13.2 Å². The largest absolute Gasteiger partial charge is 0.310 e. The van der Waals surface area contributed by atoms with Crippen LogP contribution in [-0.2, 0) is 6.42 Å². The second kappa shape index (κ2) is 7.09. The van der Waals surface area contributed by atoms with Crippen LogP contribution in [0.4, 0.5) is 13.2 Å². The molecule has 0 bridgehead atoms. The summed E-state index contributed by atoms with van der Waals surface area (Å²) in [5.41, 5.74) is 1.26. The van der Waals surface area contributed by atoms with Gasteiger partial charge in [-0.1, -0.05) is 22.9 Å². The van der Waals surface area contributed by atoms with E-state index in [1.165, 1.54) is 24.3 Å². The second-order valence-corrected chi connectivity index (χ2v) is 5.71. The number of hydrogen-bond donors (Lipinski definition) is 1. The van der Waals surface area contributed by atoms with Crippen LogP contribution in [0.5, 0.6) is 0 Å². The fourth-order valence-corrected chi connectivity index (χ4v) is 2.78. The minimum Gasteiger partial charge on any atom is -0.310 e. The molecule has 1 N–H and O–H groups in total. The molecule has 0 aliphatic carbocycles. The lowest BCUT2D eigenvalue weighted by Crippen LogP contribution is -2.23. The van der Waals surface area contributed by atoms with Crippen LogP contribution in [0.3, 0.4) is 0 Å². The average Bonchev–Trinajstić information content (AvgIpc) is 2.35. The lowest BCUT2D eigenvalue weighted by molar-refractivity contribution is 0.533. The summed E-state index contributed by atoms with van der Waals surface area (Å²) in [4.78, 5) is 0. The molecule has 0 aromatic heterocycles. The van der Waals surface area contributed by atoms with E-state index in [1.54, 1.807) is 6.07 Å². The van der Waals surface area contributed by atoms with Gasteiger partial charge in [-0.15, -0.1) is 0 Å². The SMILES string of the molecule is CCNC(Cc1cc(F)cc(F)c1)c1cc(F)cc(Br)c1. The maximum atomic E-state index is 13.5. The highest BCUT2D eigenvalue weighted by atomic mass is 79.9. The van der Waals surface area contributed by atoms with E-state index < -0.39 is 11.6 Å². The molecule has 21 heavy (non-hydrogen) atoms. The molecule has 0 fully saturated rings. The molecule has 0 aliphatic heterocycles. The Kier molecular flexibility index (Phi) is 5.42. The number of likely N-dealkylation sites (N-methyl/N-ethyl adjacent to an activating group) is 1. The molecular weight excluding hydrogens is 343 g/mol. The van der Waals surface area contributed by atoms with Gasteiger partial charge in [0.1, 0.15) is 17.5 Å². The zero-order valence-corrected chi connectivity index (χ0v) is 13.1. The van der Waals surface area contributed by atoms with Gasteiger partial charge >= 0.3 is 0 Å². The Morgan fingerprint density at radius 2 is 1.57 bits per heavy atom. The monoisotopic (exact) mass is 357 g/mol. The summed E-state index contributed by atoms with van der Waals surface area (Å²) in [5, 5.41) is 3.21. The van der Waals surface area contributed by atoms with Gasteiger partial charge in [-0.3, -0.25) is 0 Å². The molecule has 0 heterocycles. The molecule has 0 aliphatic rings. The molecule has 1 atom stereocenters. The van der Waals surface area contributed by atoms with Gasteiger partial charge in [0, 0.05) is 16.6 Å². The summed E-state index contributed by atoms with van der Waals surface area (Å²) in [7, 11) is 0. The van der Waals surface area contributed by atoms with Crippen LogP contribution in [0.25, 0.3) is 0 Å². The first-order chi connectivity index (χ1) is 9.97. The predicted octanol–water partition coefficient (Wildman–Crippen LogP) is 4.76. The van der Waals surface area contributed by atoms with Crippen molar-refractivity contribution in [2.45, 2.75) is 19.4 Å². The van der Waals surface area contributed by atoms with E-state index in [1.807, 2.05) is 6.92 Å². The smallest absolute Gasteiger partial charge is 0.126 e. The summed E-state index contributed by atoms with van der Waals surface area (Å²) >= 11 is 3.25. The molecule has 0 radical (unpaired) electrons. The lowest BCUT2D eigenvalue weighted by Gasteiger charge is -2.19. The highest BCUT2D eigenvalue weighted by Crippen LogP contribution is 2.24. The first-order valence-corrected chi connectivity index (χ1v) is 7.41. The standard InChI is InChI=1S/C16H15BrF3N/c1-2-21-16(11-6-12(17)8-15(20)7-11)5-10-3-13(18)9-14(19)4-10/h3-4,6-9,16,21H,2,5H2,1H3. The minimum absolute atomic E-state index is 0.219. The molecule has 0 saturated carbocycles. The Balaban J connectivity index is 2.30. The third kappa shape index (κ3) is 4.58. The van der Waals surface area contributed by atoms with Gasteiger partial charge in [-0.2, -0.15) is 0 Å². The zero-order chi connectivity index (χ0) is 15.4. The Labute approximate surface area is 130 Å². The van der Waals surface area contributed by atoms with Crippen LogP contribution in [0, 0.1) is 17.5 Å². The zero-order valence-electron chi connectivity index (χ0n) is 11.5. The first-order valence-electron chi connectivity index (χ1n) is 6.62. The summed E-state index contributed by atoms with van der Waals surface area (Å²) in [6, 6.07) is 7.80. The maximum absolute atomic E-state index is 13.5. The molecular formula is C16H15BrF3N. The molecule has 0 amide bonds. The highest BCUT2D eigenvalue weighted by Gasteiger charge is 2.14. The molecule has 2 aromatic carbocycles. The van der Waals surface area contributed by atoms with Crippen molar-refractivity contribution < 1.29 is 13.2 Å². The number of rotatable bonds is 5. The van der Waals surface area contributed by atoms with Crippen LogP contribution in [0.1, 0.15) is 24.1 Å². The van der Waals surface area contributed by atoms with Crippen LogP contribution in [0.2, 0.25) is 0 Å². The van der Waals surface area contributed by atoms with Gasteiger partial charge in [-0.25, -0.2) is 13.2 Å². The molecule has 1 unspecified atom stereocenters. The van der Waals surface area contributed by atoms with Gasteiger partial charge < -0.3 is 5.32 Å². The molecule has 1 nitrogen and oxygen atoms in total. The van der Waals surface area contributed by atoms with Crippen molar-refractivity contribution in [1.82, 2.24) is 5.32 Å². The molecule has 112 valence electrons. The molecule has 2 aromatic rings. The van der Waals surface area contributed by atoms with Gasteiger partial charge in [0.05, 0.1) is 0 Å². The van der Waals surface area contributed by atoms with E-state index in [4.69, 9.17) is 0 Å². The van der Waals surface area contributed by atoms with Crippen LogP contribution in [-0.4, -0.2) is 6.54 Å². The maximum Gasteiger partial charge on any atom is 0.126 e. The Hall–Kier alpha value is -1.33. The second-order valence-electron chi connectivity index (χ2n) is 4.79. The summed E-state index contributed by atoms with van der Waals surface area (Å²) in [5.74, 6) is -1.57. The Bertz CT molecular complexity index is 590. The number of benzene rings is 2. The normalized spacial score (nSPS) is 12.4. The van der Waals surface area contributed by atoms with Gasteiger partial charge in [0.15, 0.2) is 0 Å². The van der Waals surface area contributed by atoms with Crippen molar-refractivity contribution >= 4 is 15.9 Å². The van der Waals surface area contributed by atoms with Crippen molar-refractivity contribution in [2.24, 2.45) is 0 Å². The molecule has 5 heteroatoms. The summed E-state index contributed by atoms with van der Waals surface area (Å²) in [6.45, 7) is 2.59. The molecule has 0 saturated heterocycles. The third-order valence-electron chi connectivity index (χ3n) is 3.10. The highest BCUT2D eigenvalue weighted by molar-refractivity contribution is 9.10. The van der Waals surface area contributed by atoms with Gasteiger partial charge in [0.25, 0.3) is 0 Å². The van der Waals surface area contributed by atoms with E-state index in [0.29, 0.717) is 23.0 Å². The number of nitrogens with one attached hydrogen (secondary N) is 1. The van der Waals surface area contributed by atoms with E-state index >= 15 is 0 Å². The average molecular weight is 358 g/mol. The van der Waals surface area contributed by atoms with Crippen LogP contribution in [0.15, 0.2) is 40.9 Å². The van der Waals surface area contributed by atoms with E-state index in [-0.39, 0.29) is 11.9 Å². The van der Waals surface area contributed by atoms with E-state index in [0.717, 1.165) is 11.6 Å². The van der Waals surface area contributed by atoms with Crippen molar-refractivity contribution in [3.8, 4) is 0 Å². The topological polar surface area (TPSA) is 12.0 Å². The van der Waals surface area contributed by atoms with Gasteiger partial charge in [-0.05, 0) is 54.4 Å². The first kappa shape index (κ1) is 16.0. The minimum atomic E-state index is -0.610. The Morgan fingerprint density at radius 1 is 0.952 bits per heavy atom. The molecule has 2 rings (SSSR count). The summed E-state index contributed by atoms with van der Waals surface area (Å²) in [6.07, 6.45) is 0.373. The van der Waals surface area contributed by atoms with Crippen LogP contribution >= 0.6 is 15.9 Å². The fraction of sp³-hybridized carbons (Fsp3) is 0.250. The predicted molar refractivity (Wildman–Crippen MR) is 80.6 cm³/mol. The molecule has 0 spiro atoms. The number of halogens is 4. The third-order valence-corrected chi connectivity index (χ3v) is 3.56. The van der Waals surface area contributed by atoms with Crippen molar-refractivity contribution in [3.05, 3.63) is 69.4 Å². The van der Waals surface area contributed by atoms with Gasteiger partial charge in [0.2, 0.25) is 0 Å². The Morgan fingerprint density at radius 3 is 2.14 bits per heavy atom. The van der Waals surface area contributed by atoms with Crippen molar-refractivity contribution in [2.75, 3.05) is 6.54 Å². The fourth-order valence-electron chi connectivity index (χ4n) is 2.30. The quantitative estimate of drug-likeness (QED) is 0.813. The summed E-state index contributed by atoms with van der Waals surface area (Å²) < 4.78 is 40.7. The van der Waals surface area contributed by atoms with Crippen molar-refractivity contribution in [1.29, 1.82) is 0 Å². The lowest BCUT2D eigenvalue weighted by atomic mass is 9.98. The number of hydrogen-bond acceptors (Lipinski definition) is 1.